The standard InChI is InChI=1S/C27H35NO5/c1-16-17(2)23-20(14-21(16)28-22(29)15-25(3,4)5)27(30,26(6,7)33-23)19-10-8-9-18(13-19)24-31-11-12-32-24/h8-10,13-14,24,30H,11-12,15H2,1-7H3,(H,28,29). The molecule has 2 aliphatic rings. The van der Waals surface area contributed by atoms with Crippen molar-refractivity contribution in [1.29, 1.82) is 0 Å². The number of rotatable bonds is 4. The van der Waals surface area contributed by atoms with Gasteiger partial charge in [-0.05, 0) is 61.9 Å². The zero-order valence-corrected chi connectivity index (χ0v) is 20.7. The second-order valence-electron chi connectivity index (χ2n) is 10.9. The predicted octanol–water partition coefficient (Wildman–Crippen LogP) is 5.13. The summed E-state index contributed by atoms with van der Waals surface area (Å²) in [5, 5.41) is 15.3. The van der Waals surface area contributed by atoms with Crippen LogP contribution >= 0.6 is 0 Å². The molecule has 1 fully saturated rings. The molecule has 0 spiro atoms. The fraction of sp³-hybridized carbons (Fsp3) is 0.519. The Kier molecular flexibility index (Phi) is 5.84. The third-order valence-electron chi connectivity index (χ3n) is 6.62. The summed E-state index contributed by atoms with van der Waals surface area (Å²) >= 11 is 0. The first-order valence-corrected chi connectivity index (χ1v) is 11.5. The highest BCUT2D eigenvalue weighted by atomic mass is 16.7. The lowest BCUT2D eigenvalue weighted by molar-refractivity contribution is -0.117. The number of carbonyl (C=O) groups excluding carboxylic acids is 1. The number of carbonyl (C=O) groups is 1. The Morgan fingerprint density at radius 2 is 1.79 bits per heavy atom. The van der Waals surface area contributed by atoms with Gasteiger partial charge in [0.15, 0.2) is 11.9 Å². The first kappa shape index (κ1) is 23.7. The molecule has 2 aromatic carbocycles. The molecule has 33 heavy (non-hydrogen) atoms. The van der Waals surface area contributed by atoms with Crippen LogP contribution in [0.3, 0.4) is 0 Å². The van der Waals surface area contributed by atoms with E-state index in [9.17, 15) is 9.90 Å². The maximum Gasteiger partial charge on any atom is 0.224 e. The topological polar surface area (TPSA) is 77.0 Å². The number of fused-ring (bicyclic) bond motifs is 1. The van der Waals surface area contributed by atoms with Crippen LogP contribution in [0.5, 0.6) is 5.75 Å². The van der Waals surface area contributed by atoms with E-state index in [1.165, 1.54) is 0 Å². The lowest BCUT2D eigenvalue weighted by Gasteiger charge is -2.36. The Labute approximate surface area is 196 Å². The molecule has 0 bridgehead atoms. The van der Waals surface area contributed by atoms with E-state index in [2.05, 4.69) is 5.32 Å². The molecule has 178 valence electrons. The molecule has 2 heterocycles. The summed E-state index contributed by atoms with van der Waals surface area (Å²) in [6, 6.07) is 9.51. The van der Waals surface area contributed by atoms with Crippen LogP contribution < -0.4 is 10.1 Å². The molecule has 2 N–H and O–H groups in total. The number of ether oxygens (including phenoxy) is 3. The SMILES string of the molecule is Cc1c(NC(=O)CC(C)(C)C)cc2c(c1C)OC(C)(C)C2(O)c1cccc(C2OCCO2)c1. The summed E-state index contributed by atoms with van der Waals surface area (Å²) in [6.45, 7) is 14.9. The molecule has 1 saturated heterocycles. The number of hydrogen-bond donors (Lipinski definition) is 2. The van der Waals surface area contributed by atoms with Gasteiger partial charge in [-0.2, -0.15) is 0 Å². The average Bonchev–Trinajstić information content (AvgIpc) is 3.32. The van der Waals surface area contributed by atoms with Gasteiger partial charge < -0.3 is 24.6 Å². The molecule has 0 radical (unpaired) electrons. The highest BCUT2D eigenvalue weighted by Crippen LogP contribution is 2.54. The van der Waals surface area contributed by atoms with Crippen LogP contribution in [0.1, 0.15) is 75.1 Å². The highest BCUT2D eigenvalue weighted by molar-refractivity contribution is 5.92. The van der Waals surface area contributed by atoms with Gasteiger partial charge in [-0.3, -0.25) is 4.79 Å². The van der Waals surface area contributed by atoms with Crippen LogP contribution in [-0.4, -0.2) is 29.8 Å². The van der Waals surface area contributed by atoms with Gasteiger partial charge in [0.2, 0.25) is 5.91 Å². The lowest BCUT2D eigenvalue weighted by atomic mass is 9.75. The first-order chi connectivity index (χ1) is 15.3. The number of aliphatic hydroxyl groups is 1. The fourth-order valence-corrected chi connectivity index (χ4v) is 4.72. The van der Waals surface area contributed by atoms with Crippen molar-refractivity contribution in [3.63, 3.8) is 0 Å². The molecule has 1 atom stereocenters. The Balaban J connectivity index is 1.80. The van der Waals surface area contributed by atoms with Gasteiger partial charge in [0.05, 0.1) is 13.2 Å². The summed E-state index contributed by atoms with van der Waals surface area (Å²) in [5.41, 5.74) is 2.23. The predicted molar refractivity (Wildman–Crippen MR) is 127 cm³/mol. The molecule has 1 amide bonds. The van der Waals surface area contributed by atoms with Crippen LogP contribution in [0.4, 0.5) is 5.69 Å². The average molecular weight is 454 g/mol. The second-order valence-corrected chi connectivity index (χ2v) is 10.9. The zero-order valence-electron chi connectivity index (χ0n) is 20.7. The summed E-state index contributed by atoms with van der Waals surface area (Å²) in [5.74, 6) is 0.608. The molecule has 0 saturated carbocycles. The van der Waals surface area contributed by atoms with E-state index < -0.39 is 17.5 Å². The number of anilines is 1. The Hall–Kier alpha value is -2.41. The van der Waals surface area contributed by atoms with E-state index in [-0.39, 0.29) is 11.3 Å². The third-order valence-corrected chi connectivity index (χ3v) is 6.62. The van der Waals surface area contributed by atoms with E-state index in [0.29, 0.717) is 42.2 Å². The van der Waals surface area contributed by atoms with E-state index in [0.717, 1.165) is 16.7 Å². The van der Waals surface area contributed by atoms with Gasteiger partial charge >= 0.3 is 0 Å². The first-order valence-electron chi connectivity index (χ1n) is 11.5. The van der Waals surface area contributed by atoms with E-state index in [4.69, 9.17) is 14.2 Å². The van der Waals surface area contributed by atoms with Crippen molar-refractivity contribution in [3.05, 3.63) is 58.1 Å². The molecule has 4 rings (SSSR count). The fourth-order valence-electron chi connectivity index (χ4n) is 4.72. The minimum Gasteiger partial charge on any atom is -0.483 e. The molecule has 0 aromatic heterocycles. The molecule has 0 aliphatic carbocycles. The van der Waals surface area contributed by atoms with Gasteiger partial charge in [0.25, 0.3) is 0 Å². The summed E-state index contributed by atoms with van der Waals surface area (Å²) in [6.07, 6.45) is -0.0383. The summed E-state index contributed by atoms with van der Waals surface area (Å²) < 4.78 is 17.7. The van der Waals surface area contributed by atoms with Gasteiger partial charge in [-0.15, -0.1) is 0 Å². The van der Waals surface area contributed by atoms with E-state index in [1.54, 1.807) is 0 Å². The maximum absolute atomic E-state index is 12.7. The Bertz CT molecular complexity index is 1080. The molecule has 6 nitrogen and oxygen atoms in total. The monoisotopic (exact) mass is 453 g/mol. The van der Waals surface area contributed by atoms with Gasteiger partial charge in [0.1, 0.15) is 11.4 Å². The third kappa shape index (κ3) is 4.16. The minimum atomic E-state index is -1.43. The Morgan fingerprint density at radius 1 is 1.12 bits per heavy atom. The largest absolute Gasteiger partial charge is 0.483 e. The number of amides is 1. The Morgan fingerprint density at radius 3 is 2.42 bits per heavy atom. The van der Waals surface area contributed by atoms with Gasteiger partial charge in [-0.1, -0.05) is 39.0 Å². The minimum absolute atomic E-state index is 0.0517. The van der Waals surface area contributed by atoms with Crippen molar-refractivity contribution in [1.82, 2.24) is 0 Å². The molecule has 6 heteroatoms. The summed E-state index contributed by atoms with van der Waals surface area (Å²) in [7, 11) is 0. The number of hydrogen-bond acceptors (Lipinski definition) is 5. The van der Waals surface area contributed by atoms with Crippen molar-refractivity contribution in [2.75, 3.05) is 18.5 Å². The quantitative estimate of drug-likeness (QED) is 0.671. The lowest BCUT2D eigenvalue weighted by Crippen LogP contribution is -2.47. The van der Waals surface area contributed by atoms with Crippen molar-refractivity contribution in [3.8, 4) is 5.75 Å². The molecule has 2 aromatic rings. The zero-order chi connectivity index (χ0) is 24.2. The molecule has 1 unspecified atom stereocenters. The van der Waals surface area contributed by atoms with Crippen LogP contribution in [0.15, 0.2) is 30.3 Å². The van der Waals surface area contributed by atoms with Crippen molar-refractivity contribution in [2.24, 2.45) is 5.41 Å². The van der Waals surface area contributed by atoms with Crippen LogP contribution in [0.25, 0.3) is 0 Å². The maximum atomic E-state index is 12.7. The smallest absolute Gasteiger partial charge is 0.224 e. The molecular weight excluding hydrogens is 418 g/mol. The van der Waals surface area contributed by atoms with Gasteiger partial charge in [0, 0.05) is 23.2 Å². The summed E-state index contributed by atoms with van der Waals surface area (Å²) in [4.78, 5) is 12.7. The van der Waals surface area contributed by atoms with E-state index >= 15 is 0 Å². The van der Waals surface area contributed by atoms with Crippen molar-refractivity contribution >= 4 is 11.6 Å². The normalized spacial score (nSPS) is 22.2. The van der Waals surface area contributed by atoms with Crippen LogP contribution in [-0.2, 0) is 19.9 Å². The van der Waals surface area contributed by atoms with Crippen molar-refractivity contribution < 1.29 is 24.1 Å². The van der Waals surface area contributed by atoms with Gasteiger partial charge in [-0.25, -0.2) is 0 Å². The second kappa shape index (κ2) is 8.12. The number of benzene rings is 2. The van der Waals surface area contributed by atoms with Crippen LogP contribution in [0.2, 0.25) is 0 Å². The molecular formula is C27H35NO5. The van der Waals surface area contributed by atoms with E-state index in [1.807, 2.05) is 78.8 Å². The highest BCUT2D eigenvalue weighted by Gasteiger charge is 2.56. The van der Waals surface area contributed by atoms with Crippen LogP contribution in [0, 0.1) is 19.3 Å². The number of nitrogens with one attached hydrogen (secondary N) is 1. The molecule has 2 aliphatic heterocycles. The van der Waals surface area contributed by atoms with Crippen molar-refractivity contribution in [2.45, 2.75) is 72.4 Å².